The van der Waals surface area contributed by atoms with E-state index in [0.29, 0.717) is 11.4 Å². The Morgan fingerprint density at radius 3 is 2.30 bits per heavy atom. The molecule has 2 heteroatoms. The lowest BCUT2D eigenvalue weighted by Gasteiger charge is -2.12. The molecule has 1 N–H and O–H groups in total. The summed E-state index contributed by atoms with van der Waals surface area (Å²) in [5.41, 5.74) is 2.02. The van der Waals surface area contributed by atoms with Gasteiger partial charge >= 0.3 is 0 Å². The molecule has 1 atom stereocenters. The van der Waals surface area contributed by atoms with Crippen molar-refractivity contribution in [3.8, 4) is 0 Å². The van der Waals surface area contributed by atoms with E-state index >= 15 is 0 Å². The van der Waals surface area contributed by atoms with E-state index in [1.54, 1.807) is 0 Å². The molecule has 0 saturated heterocycles. The summed E-state index contributed by atoms with van der Waals surface area (Å²) in [5.74, 6) is 0. The van der Waals surface area contributed by atoms with Gasteiger partial charge in [-0.15, -0.1) is 0 Å². The fourth-order valence-corrected chi connectivity index (χ4v) is 2.50. The lowest BCUT2D eigenvalue weighted by molar-refractivity contribution is 0.178. The van der Waals surface area contributed by atoms with Crippen molar-refractivity contribution in [2.75, 3.05) is 0 Å². The molecule has 0 amide bonds. The summed E-state index contributed by atoms with van der Waals surface area (Å²) in [7, 11) is 0. The van der Waals surface area contributed by atoms with Crippen LogP contribution in [0.25, 0.3) is 10.8 Å². The van der Waals surface area contributed by atoms with Crippen LogP contribution in [0.2, 0.25) is 5.02 Å². The van der Waals surface area contributed by atoms with Gasteiger partial charge in [-0.05, 0) is 40.1 Å². The van der Waals surface area contributed by atoms with Gasteiger partial charge in [0, 0.05) is 11.4 Å². The van der Waals surface area contributed by atoms with Crippen molar-refractivity contribution in [3.05, 3.63) is 82.9 Å². The third-order valence-corrected chi connectivity index (χ3v) is 3.75. The zero-order valence-electron chi connectivity index (χ0n) is 11.0. The van der Waals surface area contributed by atoms with Crippen LogP contribution in [0.15, 0.2) is 66.7 Å². The SMILES string of the molecule is OC(Cc1ccc(Cl)cc1)c1ccc2ccccc2c1. The molecule has 1 nitrogen and oxygen atoms in total. The van der Waals surface area contributed by atoms with Gasteiger partial charge in [-0.25, -0.2) is 0 Å². The van der Waals surface area contributed by atoms with E-state index in [9.17, 15) is 5.11 Å². The summed E-state index contributed by atoms with van der Waals surface area (Å²) in [5, 5.41) is 13.4. The second-order valence-electron chi connectivity index (χ2n) is 4.95. The fraction of sp³-hybridized carbons (Fsp3) is 0.111. The van der Waals surface area contributed by atoms with E-state index in [0.717, 1.165) is 16.5 Å². The van der Waals surface area contributed by atoms with Gasteiger partial charge in [0.15, 0.2) is 0 Å². The van der Waals surface area contributed by atoms with Gasteiger partial charge in [0.1, 0.15) is 0 Å². The van der Waals surface area contributed by atoms with Crippen LogP contribution >= 0.6 is 11.6 Å². The second-order valence-corrected chi connectivity index (χ2v) is 5.39. The first-order chi connectivity index (χ1) is 9.72. The molecule has 0 aliphatic carbocycles. The number of hydrogen-bond donors (Lipinski definition) is 1. The Morgan fingerprint density at radius 2 is 1.55 bits per heavy atom. The van der Waals surface area contributed by atoms with Crippen molar-refractivity contribution in [2.24, 2.45) is 0 Å². The van der Waals surface area contributed by atoms with Crippen molar-refractivity contribution in [1.82, 2.24) is 0 Å². The Kier molecular flexibility index (Phi) is 3.72. The highest BCUT2D eigenvalue weighted by molar-refractivity contribution is 6.30. The Bertz CT molecular complexity index is 719. The Hall–Kier alpha value is -1.83. The molecule has 0 heterocycles. The number of aliphatic hydroxyl groups excluding tert-OH is 1. The maximum absolute atomic E-state index is 10.4. The van der Waals surface area contributed by atoms with Gasteiger partial charge in [0.25, 0.3) is 0 Å². The first-order valence-electron chi connectivity index (χ1n) is 6.63. The van der Waals surface area contributed by atoms with Crippen LogP contribution in [0.5, 0.6) is 0 Å². The predicted molar refractivity (Wildman–Crippen MR) is 84.1 cm³/mol. The van der Waals surface area contributed by atoms with E-state index in [2.05, 4.69) is 24.3 Å². The van der Waals surface area contributed by atoms with Crippen molar-refractivity contribution >= 4 is 22.4 Å². The molecule has 1 unspecified atom stereocenters. The quantitative estimate of drug-likeness (QED) is 0.734. The van der Waals surface area contributed by atoms with E-state index < -0.39 is 6.10 Å². The summed E-state index contributed by atoms with van der Waals surface area (Å²) in [6.45, 7) is 0. The molecular weight excluding hydrogens is 268 g/mol. The third-order valence-electron chi connectivity index (χ3n) is 3.50. The first-order valence-corrected chi connectivity index (χ1v) is 7.01. The van der Waals surface area contributed by atoms with Crippen molar-refractivity contribution in [3.63, 3.8) is 0 Å². The monoisotopic (exact) mass is 282 g/mol. The second kappa shape index (κ2) is 5.66. The molecule has 0 saturated carbocycles. The number of hydrogen-bond acceptors (Lipinski definition) is 1. The number of fused-ring (bicyclic) bond motifs is 1. The zero-order chi connectivity index (χ0) is 13.9. The highest BCUT2D eigenvalue weighted by atomic mass is 35.5. The smallest absolute Gasteiger partial charge is 0.0830 e. The normalized spacial score (nSPS) is 12.5. The van der Waals surface area contributed by atoms with Crippen LogP contribution in [-0.2, 0) is 6.42 Å². The molecule has 3 aromatic rings. The van der Waals surface area contributed by atoms with E-state index in [1.807, 2.05) is 42.5 Å². The standard InChI is InChI=1S/C18H15ClO/c19-17-9-5-13(6-10-17)11-18(20)16-8-7-14-3-1-2-4-15(14)12-16/h1-10,12,18,20H,11H2. The fourth-order valence-electron chi connectivity index (χ4n) is 2.38. The number of benzene rings is 3. The number of halogens is 1. The maximum Gasteiger partial charge on any atom is 0.0830 e. The van der Waals surface area contributed by atoms with Crippen LogP contribution in [0.1, 0.15) is 17.2 Å². The van der Waals surface area contributed by atoms with Gasteiger partial charge in [0.2, 0.25) is 0 Å². The first kappa shape index (κ1) is 13.2. The van der Waals surface area contributed by atoms with Gasteiger partial charge in [-0.3, -0.25) is 0 Å². The van der Waals surface area contributed by atoms with Gasteiger partial charge in [0.05, 0.1) is 6.10 Å². The molecule has 3 aromatic carbocycles. The summed E-state index contributed by atoms with van der Waals surface area (Å²) in [6, 6.07) is 21.9. The summed E-state index contributed by atoms with van der Waals surface area (Å²) in [6.07, 6.45) is 0.0935. The van der Waals surface area contributed by atoms with E-state index in [1.165, 1.54) is 5.39 Å². The van der Waals surface area contributed by atoms with Crippen LogP contribution < -0.4 is 0 Å². The number of rotatable bonds is 3. The van der Waals surface area contributed by atoms with Crippen LogP contribution in [0.4, 0.5) is 0 Å². The van der Waals surface area contributed by atoms with Crippen molar-refractivity contribution in [1.29, 1.82) is 0 Å². The topological polar surface area (TPSA) is 20.2 Å². The minimum Gasteiger partial charge on any atom is -0.388 e. The molecule has 0 aliphatic rings. The summed E-state index contributed by atoms with van der Waals surface area (Å²) in [4.78, 5) is 0. The highest BCUT2D eigenvalue weighted by Crippen LogP contribution is 2.23. The van der Waals surface area contributed by atoms with Gasteiger partial charge in [-0.1, -0.05) is 60.1 Å². The molecule has 0 radical (unpaired) electrons. The molecule has 0 aliphatic heterocycles. The van der Waals surface area contributed by atoms with Gasteiger partial charge in [-0.2, -0.15) is 0 Å². The lowest BCUT2D eigenvalue weighted by Crippen LogP contribution is -2.01. The molecular formula is C18H15ClO. The molecule has 20 heavy (non-hydrogen) atoms. The number of aliphatic hydroxyl groups is 1. The van der Waals surface area contributed by atoms with E-state index in [4.69, 9.17) is 11.6 Å². The molecule has 0 bridgehead atoms. The largest absolute Gasteiger partial charge is 0.388 e. The summed E-state index contributed by atoms with van der Waals surface area (Å²) < 4.78 is 0. The van der Waals surface area contributed by atoms with Crippen molar-refractivity contribution < 1.29 is 5.11 Å². The van der Waals surface area contributed by atoms with Crippen molar-refractivity contribution in [2.45, 2.75) is 12.5 Å². The molecule has 0 spiro atoms. The minimum atomic E-state index is -0.499. The average molecular weight is 283 g/mol. The Labute approximate surface area is 123 Å². The zero-order valence-corrected chi connectivity index (χ0v) is 11.7. The molecule has 3 rings (SSSR count). The summed E-state index contributed by atoms with van der Waals surface area (Å²) >= 11 is 5.87. The maximum atomic E-state index is 10.4. The minimum absolute atomic E-state index is 0.499. The Balaban J connectivity index is 1.84. The van der Waals surface area contributed by atoms with E-state index in [-0.39, 0.29) is 0 Å². The molecule has 0 aromatic heterocycles. The highest BCUT2D eigenvalue weighted by Gasteiger charge is 2.09. The lowest BCUT2D eigenvalue weighted by atomic mass is 9.99. The predicted octanol–water partition coefficient (Wildman–Crippen LogP) is 4.77. The molecule has 0 fully saturated rings. The van der Waals surface area contributed by atoms with Crippen LogP contribution in [-0.4, -0.2) is 5.11 Å². The van der Waals surface area contributed by atoms with Crippen LogP contribution in [0, 0.1) is 0 Å². The molecule has 100 valence electrons. The third kappa shape index (κ3) is 2.84. The van der Waals surface area contributed by atoms with Gasteiger partial charge < -0.3 is 5.11 Å². The van der Waals surface area contributed by atoms with Crippen LogP contribution in [0.3, 0.4) is 0 Å². The average Bonchev–Trinajstić information content (AvgIpc) is 2.49. The Morgan fingerprint density at radius 1 is 0.850 bits per heavy atom.